The summed E-state index contributed by atoms with van der Waals surface area (Å²) in [6, 6.07) is 4.75. The van der Waals surface area contributed by atoms with Crippen LogP contribution >= 0.6 is 34.5 Å². The molecule has 1 aromatic heterocycles. The van der Waals surface area contributed by atoms with E-state index >= 15 is 0 Å². The van der Waals surface area contributed by atoms with E-state index in [9.17, 15) is 9.59 Å². The van der Waals surface area contributed by atoms with Crippen LogP contribution in [0.2, 0.25) is 10.0 Å². The fourth-order valence-corrected chi connectivity index (χ4v) is 3.43. The van der Waals surface area contributed by atoms with Gasteiger partial charge in [-0.3, -0.25) is 0 Å². The summed E-state index contributed by atoms with van der Waals surface area (Å²) in [5.74, 6) is -0.0367. The van der Waals surface area contributed by atoms with Gasteiger partial charge in [-0.25, -0.2) is 14.6 Å². The second-order valence-corrected chi connectivity index (χ2v) is 8.21. The highest BCUT2D eigenvalue weighted by Gasteiger charge is 2.19. The number of rotatable bonds is 8. The normalized spacial score (nSPS) is 10.8. The Morgan fingerprint density at radius 1 is 1.32 bits per heavy atom. The van der Waals surface area contributed by atoms with Gasteiger partial charge in [0, 0.05) is 11.9 Å². The Hall–Kier alpha value is -1.83. The molecule has 0 spiro atoms. The first-order valence-electron chi connectivity index (χ1n) is 8.93. The number of halogens is 2. The average molecular weight is 444 g/mol. The van der Waals surface area contributed by atoms with E-state index in [0.29, 0.717) is 33.2 Å². The van der Waals surface area contributed by atoms with E-state index in [0.717, 1.165) is 6.42 Å². The number of hydrogen-bond acceptors (Lipinski definition) is 5. The second-order valence-electron chi connectivity index (χ2n) is 6.48. The summed E-state index contributed by atoms with van der Waals surface area (Å²) < 4.78 is 4.96. The van der Waals surface area contributed by atoms with Crippen LogP contribution < -0.4 is 5.32 Å². The molecule has 2 rings (SSSR count). The monoisotopic (exact) mass is 443 g/mol. The van der Waals surface area contributed by atoms with Gasteiger partial charge in [0.1, 0.15) is 5.01 Å². The third-order valence-electron chi connectivity index (χ3n) is 3.82. The molecule has 2 amide bonds. The van der Waals surface area contributed by atoms with E-state index in [1.165, 1.54) is 11.3 Å². The number of carbonyl (C=O) groups is 2. The van der Waals surface area contributed by atoms with Crippen molar-refractivity contribution in [2.24, 2.45) is 5.92 Å². The smallest absolute Gasteiger partial charge is 0.357 e. The first kappa shape index (κ1) is 22.5. The van der Waals surface area contributed by atoms with Crippen LogP contribution in [0.5, 0.6) is 0 Å². The van der Waals surface area contributed by atoms with E-state index < -0.39 is 5.97 Å². The third kappa shape index (κ3) is 6.36. The predicted octanol–water partition coefficient (Wildman–Crippen LogP) is 5.71. The number of hydrogen-bond donors (Lipinski definition) is 1. The first-order chi connectivity index (χ1) is 13.3. The van der Waals surface area contributed by atoms with Crippen molar-refractivity contribution in [3.8, 4) is 0 Å². The number of carbonyl (C=O) groups excluding carboxylic acids is 2. The van der Waals surface area contributed by atoms with Gasteiger partial charge in [-0.05, 0) is 31.4 Å². The molecule has 1 aromatic carbocycles. The molecule has 0 bridgehead atoms. The molecule has 1 N–H and O–H groups in total. The van der Waals surface area contributed by atoms with Crippen LogP contribution in [0.3, 0.4) is 0 Å². The van der Waals surface area contributed by atoms with Crippen LogP contribution in [-0.2, 0) is 11.3 Å². The quantitative estimate of drug-likeness (QED) is 0.530. The lowest BCUT2D eigenvalue weighted by molar-refractivity contribution is 0.0520. The Morgan fingerprint density at radius 3 is 2.75 bits per heavy atom. The molecule has 0 saturated heterocycles. The molecule has 0 fully saturated rings. The molecule has 0 atom stereocenters. The predicted molar refractivity (Wildman–Crippen MR) is 113 cm³/mol. The number of urea groups is 1. The maximum Gasteiger partial charge on any atom is 0.357 e. The van der Waals surface area contributed by atoms with Gasteiger partial charge in [-0.15, -0.1) is 11.3 Å². The molecule has 2 aromatic rings. The minimum absolute atomic E-state index is 0.254. The number of amides is 2. The van der Waals surface area contributed by atoms with E-state index in [4.69, 9.17) is 27.9 Å². The van der Waals surface area contributed by atoms with Gasteiger partial charge in [0.15, 0.2) is 5.69 Å². The first-order valence-corrected chi connectivity index (χ1v) is 10.6. The highest BCUT2D eigenvalue weighted by Crippen LogP contribution is 2.30. The van der Waals surface area contributed by atoms with Crippen LogP contribution in [0, 0.1) is 5.92 Å². The van der Waals surface area contributed by atoms with Crippen molar-refractivity contribution in [3.05, 3.63) is 44.3 Å². The van der Waals surface area contributed by atoms with Gasteiger partial charge in [0.05, 0.1) is 28.9 Å². The molecule has 0 aliphatic rings. The number of nitrogens with zero attached hydrogens (tertiary/aromatic N) is 2. The van der Waals surface area contributed by atoms with Crippen molar-refractivity contribution >= 4 is 52.2 Å². The van der Waals surface area contributed by atoms with Crippen molar-refractivity contribution in [1.29, 1.82) is 0 Å². The highest BCUT2D eigenvalue weighted by molar-refractivity contribution is 7.09. The summed E-state index contributed by atoms with van der Waals surface area (Å²) in [7, 11) is 0. The standard InChI is InChI=1S/C19H23Cl2N3O3S/c1-4-27-18(25)15-11-28-16(22-15)10-24(9-8-12(2)3)19(26)23-14-7-5-6-13(20)17(14)21/h5-7,11-12H,4,8-10H2,1-3H3,(H,23,26). The topological polar surface area (TPSA) is 71.5 Å². The van der Waals surface area contributed by atoms with E-state index in [1.807, 2.05) is 0 Å². The van der Waals surface area contributed by atoms with Crippen molar-refractivity contribution < 1.29 is 14.3 Å². The number of ether oxygens (including phenoxy) is 1. The average Bonchev–Trinajstić information content (AvgIpc) is 3.11. The fraction of sp³-hybridized carbons (Fsp3) is 0.421. The Labute approximate surface area is 178 Å². The van der Waals surface area contributed by atoms with Gasteiger partial charge < -0.3 is 15.0 Å². The van der Waals surface area contributed by atoms with Gasteiger partial charge in [0.2, 0.25) is 0 Å². The molecule has 6 nitrogen and oxygen atoms in total. The largest absolute Gasteiger partial charge is 0.461 e. The van der Waals surface area contributed by atoms with Gasteiger partial charge >= 0.3 is 12.0 Å². The lowest BCUT2D eigenvalue weighted by Crippen LogP contribution is -2.35. The van der Waals surface area contributed by atoms with Crippen LogP contribution in [0.1, 0.15) is 42.7 Å². The lowest BCUT2D eigenvalue weighted by atomic mass is 10.1. The number of anilines is 1. The lowest BCUT2D eigenvalue weighted by Gasteiger charge is -2.23. The summed E-state index contributed by atoms with van der Waals surface area (Å²) in [5.41, 5.74) is 0.698. The molecule has 0 radical (unpaired) electrons. The van der Waals surface area contributed by atoms with Gasteiger partial charge in [0.25, 0.3) is 0 Å². The molecule has 0 unspecified atom stereocenters. The zero-order valence-electron chi connectivity index (χ0n) is 16.0. The molecule has 0 saturated carbocycles. The summed E-state index contributed by atoms with van der Waals surface area (Å²) in [6.07, 6.45) is 0.826. The molecule has 9 heteroatoms. The van der Waals surface area contributed by atoms with E-state index in [2.05, 4.69) is 24.1 Å². The summed E-state index contributed by atoms with van der Waals surface area (Å²) in [6.45, 7) is 7.02. The van der Waals surface area contributed by atoms with Crippen molar-refractivity contribution in [3.63, 3.8) is 0 Å². The second kappa shape index (κ2) is 10.6. The summed E-state index contributed by atoms with van der Waals surface area (Å²) >= 11 is 13.5. The SMILES string of the molecule is CCOC(=O)c1csc(CN(CCC(C)C)C(=O)Nc2cccc(Cl)c2Cl)n1. The maximum atomic E-state index is 12.8. The Kier molecular flexibility index (Phi) is 8.54. The number of nitrogens with one attached hydrogen (secondary N) is 1. The minimum atomic E-state index is -0.464. The molecule has 0 aliphatic heterocycles. The van der Waals surface area contributed by atoms with Gasteiger partial charge in [-0.2, -0.15) is 0 Å². The fourth-order valence-electron chi connectivity index (χ4n) is 2.31. The van der Waals surface area contributed by atoms with E-state index in [-0.39, 0.29) is 24.9 Å². The minimum Gasteiger partial charge on any atom is -0.461 e. The number of thiazole rings is 1. The highest BCUT2D eigenvalue weighted by atomic mass is 35.5. The van der Waals surface area contributed by atoms with Crippen molar-refractivity contribution in [1.82, 2.24) is 9.88 Å². The molecule has 0 aliphatic carbocycles. The zero-order chi connectivity index (χ0) is 20.7. The Morgan fingerprint density at radius 2 is 2.07 bits per heavy atom. The molecule has 1 heterocycles. The van der Waals surface area contributed by atoms with Crippen molar-refractivity contribution in [2.75, 3.05) is 18.5 Å². The van der Waals surface area contributed by atoms with Crippen LogP contribution in [-0.4, -0.2) is 35.0 Å². The Balaban J connectivity index is 2.13. The maximum absolute atomic E-state index is 12.8. The van der Waals surface area contributed by atoms with Crippen molar-refractivity contribution in [2.45, 2.75) is 33.7 Å². The van der Waals surface area contributed by atoms with Gasteiger partial charge in [-0.1, -0.05) is 43.1 Å². The summed E-state index contributed by atoms with van der Waals surface area (Å²) in [4.78, 5) is 30.6. The molecule has 28 heavy (non-hydrogen) atoms. The molecular weight excluding hydrogens is 421 g/mol. The zero-order valence-corrected chi connectivity index (χ0v) is 18.3. The van der Waals surface area contributed by atoms with E-state index in [1.54, 1.807) is 35.4 Å². The van der Waals surface area contributed by atoms with Crippen LogP contribution in [0.15, 0.2) is 23.6 Å². The number of esters is 1. The molecular formula is C19H23Cl2N3O3S. The van der Waals surface area contributed by atoms with Crippen LogP contribution in [0.25, 0.3) is 0 Å². The summed E-state index contributed by atoms with van der Waals surface area (Å²) in [5, 5.41) is 5.75. The number of benzene rings is 1. The third-order valence-corrected chi connectivity index (χ3v) is 5.47. The van der Waals surface area contributed by atoms with Crippen LogP contribution in [0.4, 0.5) is 10.5 Å². The molecule has 152 valence electrons. The number of aromatic nitrogens is 1. The Bertz CT molecular complexity index is 827.